The molecule has 1 unspecified atom stereocenters. The van der Waals surface area contributed by atoms with E-state index in [2.05, 4.69) is 19.2 Å². The third-order valence-electron chi connectivity index (χ3n) is 3.33. The monoisotopic (exact) mass is 294 g/mol. The molecule has 0 fully saturated rings. The first-order chi connectivity index (χ1) is 10.1. The average Bonchev–Trinajstić information content (AvgIpc) is 2.45. The molecular formula is C16H26N2O3. The van der Waals surface area contributed by atoms with Crippen LogP contribution in [0.3, 0.4) is 0 Å². The highest BCUT2D eigenvalue weighted by atomic mass is 16.6. The first-order valence-corrected chi connectivity index (χ1v) is 7.79. The van der Waals surface area contributed by atoms with Crippen molar-refractivity contribution in [2.75, 3.05) is 11.9 Å². The second-order valence-electron chi connectivity index (χ2n) is 5.18. The fraction of sp³-hybridized carbons (Fsp3) is 0.625. The number of rotatable bonds is 10. The fourth-order valence-electron chi connectivity index (χ4n) is 2.35. The lowest BCUT2D eigenvalue weighted by Gasteiger charge is -2.19. The van der Waals surface area contributed by atoms with E-state index in [1.54, 1.807) is 6.07 Å². The molecule has 0 radical (unpaired) electrons. The van der Waals surface area contributed by atoms with Gasteiger partial charge in [-0.2, -0.15) is 0 Å². The highest BCUT2D eigenvalue weighted by Crippen LogP contribution is 2.27. The predicted molar refractivity (Wildman–Crippen MR) is 86.1 cm³/mol. The summed E-state index contributed by atoms with van der Waals surface area (Å²) in [6.45, 7) is 6.69. The van der Waals surface area contributed by atoms with E-state index < -0.39 is 0 Å². The zero-order valence-electron chi connectivity index (χ0n) is 13.2. The normalized spacial score (nSPS) is 12.0. The Labute approximate surface area is 126 Å². The lowest BCUT2D eigenvalue weighted by Crippen LogP contribution is -2.19. The van der Waals surface area contributed by atoms with Gasteiger partial charge in [-0.1, -0.05) is 33.1 Å². The number of unbranched alkanes of at least 4 members (excludes halogenated alkanes) is 1. The third kappa shape index (κ3) is 6.02. The van der Waals surface area contributed by atoms with Crippen LogP contribution in [-0.4, -0.2) is 17.6 Å². The Balaban J connectivity index is 2.89. The molecule has 0 saturated carbocycles. The van der Waals surface area contributed by atoms with Crippen molar-refractivity contribution >= 4 is 11.4 Å². The molecule has 0 heterocycles. The van der Waals surface area contributed by atoms with Crippen LogP contribution in [0.4, 0.5) is 11.4 Å². The molecule has 1 N–H and O–H groups in total. The summed E-state index contributed by atoms with van der Waals surface area (Å²) in [7, 11) is 0. The molecule has 5 nitrogen and oxygen atoms in total. The zero-order valence-corrected chi connectivity index (χ0v) is 13.2. The van der Waals surface area contributed by atoms with Gasteiger partial charge >= 0.3 is 0 Å². The zero-order chi connectivity index (χ0) is 15.7. The summed E-state index contributed by atoms with van der Waals surface area (Å²) >= 11 is 0. The van der Waals surface area contributed by atoms with Gasteiger partial charge in [-0.15, -0.1) is 0 Å². The van der Waals surface area contributed by atoms with Crippen LogP contribution < -0.4 is 10.1 Å². The van der Waals surface area contributed by atoms with Gasteiger partial charge in [0.1, 0.15) is 5.75 Å². The van der Waals surface area contributed by atoms with Crippen LogP contribution in [0, 0.1) is 10.1 Å². The van der Waals surface area contributed by atoms with Gasteiger partial charge in [0.05, 0.1) is 17.6 Å². The minimum absolute atomic E-state index is 0.0641. The lowest BCUT2D eigenvalue weighted by molar-refractivity contribution is -0.384. The SMILES string of the molecule is CCCCC(CCC)Nc1cc(OCC)cc([N+](=O)[O-])c1. The van der Waals surface area contributed by atoms with E-state index in [0.29, 0.717) is 18.4 Å². The maximum Gasteiger partial charge on any atom is 0.275 e. The second kappa shape index (κ2) is 9.21. The van der Waals surface area contributed by atoms with E-state index >= 15 is 0 Å². The number of nitrogens with one attached hydrogen (secondary N) is 1. The van der Waals surface area contributed by atoms with Crippen molar-refractivity contribution in [3.8, 4) is 5.75 Å². The number of ether oxygens (including phenoxy) is 1. The number of nitro groups is 1. The third-order valence-corrected chi connectivity index (χ3v) is 3.33. The van der Waals surface area contributed by atoms with E-state index in [1.807, 2.05) is 13.0 Å². The van der Waals surface area contributed by atoms with Crippen molar-refractivity contribution in [2.24, 2.45) is 0 Å². The van der Waals surface area contributed by atoms with Gasteiger partial charge in [-0.05, 0) is 19.8 Å². The molecular weight excluding hydrogens is 268 g/mol. The van der Waals surface area contributed by atoms with E-state index in [0.717, 1.165) is 37.8 Å². The van der Waals surface area contributed by atoms with E-state index in [1.165, 1.54) is 6.07 Å². The molecule has 0 aliphatic carbocycles. The van der Waals surface area contributed by atoms with Crippen molar-refractivity contribution in [2.45, 2.75) is 58.9 Å². The Morgan fingerprint density at radius 1 is 1.19 bits per heavy atom. The summed E-state index contributed by atoms with van der Waals surface area (Å²) in [6, 6.07) is 5.24. The van der Waals surface area contributed by atoms with Gasteiger partial charge in [0, 0.05) is 23.9 Å². The Morgan fingerprint density at radius 3 is 2.52 bits per heavy atom. The molecule has 1 aromatic carbocycles. The molecule has 0 amide bonds. The number of nitro benzene ring substituents is 1. The minimum atomic E-state index is -0.380. The molecule has 5 heteroatoms. The van der Waals surface area contributed by atoms with Crippen molar-refractivity contribution in [3.63, 3.8) is 0 Å². The van der Waals surface area contributed by atoms with Gasteiger partial charge in [-0.3, -0.25) is 10.1 Å². The molecule has 0 bridgehead atoms. The molecule has 0 spiro atoms. The Morgan fingerprint density at radius 2 is 1.95 bits per heavy atom. The quantitative estimate of drug-likeness (QED) is 0.499. The average molecular weight is 294 g/mol. The second-order valence-corrected chi connectivity index (χ2v) is 5.18. The van der Waals surface area contributed by atoms with Crippen LogP contribution in [0.5, 0.6) is 5.75 Å². The summed E-state index contributed by atoms with van der Waals surface area (Å²) in [5, 5.41) is 14.4. The van der Waals surface area contributed by atoms with Gasteiger partial charge < -0.3 is 10.1 Å². The topological polar surface area (TPSA) is 64.4 Å². The molecule has 0 aromatic heterocycles. The summed E-state index contributed by atoms with van der Waals surface area (Å²) in [4.78, 5) is 10.6. The number of anilines is 1. The minimum Gasteiger partial charge on any atom is -0.494 e. The van der Waals surface area contributed by atoms with Gasteiger partial charge in [0.15, 0.2) is 0 Å². The maximum absolute atomic E-state index is 11.0. The van der Waals surface area contributed by atoms with E-state index in [-0.39, 0.29) is 10.6 Å². The van der Waals surface area contributed by atoms with Crippen LogP contribution >= 0.6 is 0 Å². The number of nitrogens with zero attached hydrogens (tertiary/aromatic N) is 1. The van der Waals surface area contributed by atoms with Gasteiger partial charge in [0.2, 0.25) is 0 Å². The smallest absolute Gasteiger partial charge is 0.275 e. The number of hydrogen-bond donors (Lipinski definition) is 1. The first kappa shape index (κ1) is 17.3. The van der Waals surface area contributed by atoms with E-state index in [9.17, 15) is 10.1 Å². The number of benzene rings is 1. The summed E-state index contributed by atoms with van der Waals surface area (Å²) in [5.74, 6) is 0.542. The molecule has 0 aliphatic rings. The van der Waals surface area contributed by atoms with E-state index in [4.69, 9.17) is 4.74 Å². The molecule has 21 heavy (non-hydrogen) atoms. The van der Waals surface area contributed by atoms with Crippen LogP contribution in [0.15, 0.2) is 18.2 Å². The standard InChI is InChI=1S/C16H26N2O3/c1-4-7-9-13(8-5-2)17-14-10-15(18(19)20)12-16(11-14)21-6-3/h10-13,17H,4-9H2,1-3H3. The Hall–Kier alpha value is -1.78. The molecule has 0 aliphatic heterocycles. The number of hydrogen-bond acceptors (Lipinski definition) is 4. The highest BCUT2D eigenvalue weighted by Gasteiger charge is 2.13. The summed E-state index contributed by atoms with van der Waals surface area (Å²) < 4.78 is 5.42. The van der Waals surface area contributed by atoms with Crippen LogP contribution in [-0.2, 0) is 0 Å². The Bertz CT molecular complexity index is 449. The first-order valence-electron chi connectivity index (χ1n) is 7.79. The predicted octanol–water partition coefficient (Wildman–Crippen LogP) is 4.76. The Kier molecular flexibility index (Phi) is 7.58. The van der Waals surface area contributed by atoms with Crippen LogP contribution in [0.1, 0.15) is 52.9 Å². The molecule has 1 aromatic rings. The van der Waals surface area contributed by atoms with Crippen molar-refractivity contribution in [3.05, 3.63) is 28.3 Å². The largest absolute Gasteiger partial charge is 0.494 e. The van der Waals surface area contributed by atoms with Crippen molar-refractivity contribution in [1.82, 2.24) is 0 Å². The summed E-state index contributed by atoms with van der Waals surface area (Å²) in [6.07, 6.45) is 5.55. The summed E-state index contributed by atoms with van der Waals surface area (Å²) in [5.41, 5.74) is 0.830. The fourth-order valence-corrected chi connectivity index (χ4v) is 2.35. The van der Waals surface area contributed by atoms with Crippen LogP contribution in [0.25, 0.3) is 0 Å². The maximum atomic E-state index is 11.0. The van der Waals surface area contributed by atoms with Crippen molar-refractivity contribution < 1.29 is 9.66 Å². The molecule has 1 rings (SSSR count). The number of non-ortho nitro benzene ring substituents is 1. The van der Waals surface area contributed by atoms with Gasteiger partial charge in [-0.25, -0.2) is 0 Å². The lowest BCUT2D eigenvalue weighted by atomic mass is 10.0. The van der Waals surface area contributed by atoms with Crippen molar-refractivity contribution in [1.29, 1.82) is 0 Å². The van der Waals surface area contributed by atoms with Gasteiger partial charge in [0.25, 0.3) is 5.69 Å². The van der Waals surface area contributed by atoms with Crippen LogP contribution in [0.2, 0.25) is 0 Å². The molecule has 0 saturated heterocycles. The molecule has 1 atom stereocenters. The molecule has 118 valence electrons. The highest BCUT2D eigenvalue weighted by molar-refractivity contribution is 5.56.